The van der Waals surface area contributed by atoms with Crippen LogP contribution < -0.4 is 0 Å². The fourth-order valence-corrected chi connectivity index (χ4v) is 6.36. The van der Waals surface area contributed by atoms with Crippen molar-refractivity contribution in [3.05, 3.63) is 35.4 Å². The predicted octanol–water partition coefficient (Wildman–Crippen LogP) is 6.93. The van der Waals surface area contributed by atoms with Crippen molar-refractivity contribution in [2.24, 2.45) is 11.8 Å². The van der Waals surface area contributed by atoms with Crippen molar-refractivity contribution in [2.75, 3.05) is 19.7 Å². The molecule has 0 radical (unpaired) electrons. The zero-order chi connectivity index (χ0) is 24.8. The normalized spacial score (nSPS) is 26.5. The van der Waals surface area contributed by atoms with Crippen LogP contribution in [0.2, 0.25) is 0 Å². The van der Waals surface area contributed by atoms with E-state index in [9.17, 15) is 18.0 Å². The zero-order valence-corrected chi connectivity index (χ0v) is 20.9. The fraction of sp³-hybridized carbons (Fsp3) is 0.750. The zero-order valence-electron chi connectivity index (χ0n) is 20.9. The van der Waals surface area contributed by atoms with Gasteiger partial charge in [0.25, 0.3) is 0 Å². The monoisotopic (exact) mass is 495 g/mol. The number of hydrogen-bond donors (Lipinski definition) is 0. The number of carbonyl (C=O) groups excluding carboxylic acids is 1. The van der Waals surface area contributed by atoms with Crippen molar-refractivity contribution in [1.29, 1.82) is 0 Å². The Labute approximate surface area is 207 Å². The summed E-state index contributed by atoms with van der Waals surface area (Å²) in [6, 6.07) is 5.55. The Morgan fingerprint density at radius 2 is 1.51 bits per heavy atom. The van der Waals surface area contributed by atoms with Crippen LogP contribution in [0.1, 0.15) is 94.8 Å². The Morgan fingerprint density at radius 1 is 0.943 bits per heavy atom. The summed E-state index contributed by atoms with van der Waals surface area (Å²) in [6.07, 6.45) is 6.97. The average Bonchev–Trinajstić information content (AvgIpc) is 3.53. The van der Waals surface area contributed by atoms with Gasteiger partial charge in [0.15, 0.2) is 0 Å². The van der Waals surface area contributed by atoms with Gasteiger partial charge in [-0.2, -0.15) is 13.2 Å². The van der Waals surface area contributed by atoms with E-state index in [1.54, 1.807) is 19.1 Å². The molecule has 3 fully saturated rings. The first kappa shape index (κ1) is 26.5. The van der Waals surface area contributed by atoms with Gasteiger partial charge in [0.05, 0.1) is 30.8 Å². The highest BCUT2D eigenvalue weighted by Crippen LogP contribution is 2.40. The van der Waals surface area contributed by atoms with Gasteiger partial charge < -0.3 is 9.47 Å². The third kappa shape index (κ3) is 7.22. The summed E-state index contributed by atoms with van der Waals surface area (Å²) in [5.41, 5.74) is 0.116. The molecule has 0 spiro atoms. The number of benzene rings is 1. The van der Waals surface area contributed by atoms with Crippen molar-refractivity contribution in [3.63, 3.8) is 0 Å². The maximum absolute atomic E-state index is 13.2. The quantitative estimate of drug-likeness (QED) is 0.348. The highest BCUT2D eigenvalue weighted by molar-refractivity contribution is 5.69. The van der Waals surface area contributed by atoms with Crippen molar-refractivity contribution < 1.29 is 27.4 Å². The van der Waals surface area contributed by atoms with E-state index in [1.165, 1.54) is 51.4 Å². The van der Waals surface area contributed by atoms with Gasteiger partial charge in [-0.3, -0.25) is 9.69 Å². The van der Waals surface area contributed by atoms with E-state index in [4.69, 9.17) is 9.47 Å². The number of carbonyl (C=O) groups is 1. The lowest BCUT2D eigenvalue weighted by Gasteiger charge is -2.44. The molecule has 1 aromatic rings. The number of nitrogens with zero attached hydrogens (tertiary/aromatic N) is 1. The van der Waals surface area contributed by atoms with E-state index in [-0.39, 0.29) is 30.6 Å². The van der Waals surface area contributed by atoms with Crippen molar-refractivity contribution in [1.82, 2.24) is 4.90 Å². The van der Waals surface area contributed by atoms with E-state index >= 15 is 0 Å². The number of hydrogen-bond acceptors (Lipinski definition) is 4. The Kier molecular flexibility index (Phi) is 9.14. The first-order valence-electron chi connectivity index (χ1n) is 13.6. The molecule has 35 heavy (non-hydrogen) atoms. The van der Waals surface area contributed by atoms with Gasteiger partial charge in [-0.15, -0.1) is 0 Å². The third-order valence-corrected chi connectivity index (χ3v) is 8.14. The first-order valence-corrected chi connectivity index (χ1v) is 13.6. The second kappa shape index (κ2) is 12.1. The Bertz CT molecular complexity index is 783. The molecule has 3 aliphatic rings. The van der Waals surface area contributed by atoms with Crippen LogP contribution in [0.25, 0.3) is 0 Å². The lowest BCUT2D eigenvalue weighted by Crippen LogP contribution is -2.48. The summed E-state index contributed by atoms with van der Waals surface area (Å²) in [7, 11) is 0. The predicted molar refractivity (Wildman–Crippen MR) is 129 cm³/mol. The van der Waals surface area contributed by atoms with Gasteiger partial charge in [0, 0.05) is 19.1 Å². The summed E-state index contributed by atoms with van der Waals surface area (Å²) >= 11 is 0. The second-order valence-corrected chi connectivity index (χ2v) is 10.7. The van der Waals surface area contributed by atoms with E-state index in [0.29, 0.717) is 18.4 Å². The van der Waals surface area contributed by atoms with Crippen LogP contribution in [0, 0.1) is 11.8 Å². The minimum atomic E-state index is -4.37. The standard InChI is InChI=1S/C28H40F3NO3/c1-2-34-26(33)17-24-15-16-25(27(35-24)22-11-13-23(14-12-22)28(29,30)31)32(18-20-7-3-4-8-20)19-21-9-5-6-10-21/h11-14,20-21,24-25,27H,2-10,15-19H2,1H3. The number of alkyl halides is 3. The molecule has 1 aromatic carbocycles. The van der Waals surface area contributed by atoms with Crippen LogP contribution in [0.4, 0.5) is 13.2 Å². The lowest BCUT2D eigenvalue weighted by molar-refractivity contribution is -0.153. The van der Waals surface area contributed by atoms with Gasteiger partial charge in [-0.05, 0) is 75.0 Å². The Hall–Kier alpha value is -1.60. The van der Waals surface area contributed by atoms with Crippen LogP contribution in [0.3, 0.4) is 0 Å². The first-order chi connectivity index (χ1) is 16.8. The van der Waals surface area contributed by atoms with E-state index in [2.05, 4.69) is 4.90 Å². The molecule has 4 nitrogen and oxygen atoms in total. The number of halogens is 3. The summed E-state index contributed by atoms with van der Waals surface area (Å²) in [6.45, 7) is 4.17. The molecule has 0 amide bonds. The number of esters is 1. The van der Waals surface area contributed by atoms with Crippen molar-refractivity contribution in [3.8, 4) is 0 Å². The van der Waals surface area contributed by atoms with Crippen LogP contribution >= 0.6 is 0 Å². The van der Waals surface area contributed by atoms with Crippen LogP contribution in [-0.4, -0.2) is 42.7 Å². The molecule has 0 aromatic heterocycles. The summed E-state index contributed by atoms with van der Waals surface area (Å²) < 4.78 is 51.3. The van der Waals surface area contributed by atoms with Gasteiger partial charge in [0.2, 0.25) is 0 Å². The number of rotatable bonds is 9. The largest absolute Gasteiger partial charge is 0.466 e. The minimum absolute atomic E-state index is 0.103. The average molecular weight is 496 g/mol. The highest BCUT2D eigenvalue weighted by Gasteiger charge is 2.39. The van der Waals surface area contributed by atoms with Gasteiger partial charge in [0.1, 0.15) is 0 Å². The summed E-state index contributed by atoms with van der Waals surface area (Å²) in [5.74, 6) is 1.08. The molecular weight excluding hydrogens is 455 g/mol. The van der Waals surface area contributed by atoms with Crippen molar-refractivity contribution in [2.45, 2.75) is 102 Å². The fourth-order valence-electron chi connectivity index (χ4n) is 6.36. The third-order valence-electron chi connectivity index (χ3n) is 8.14. The molecule has 7 heteroatoms. The van der Waals surface area contributed by atoms with Crippen molar-refractivity contribution >= 4 is 5.97 Å². The molecular formula is C28H40F3NO3. The molecule has 3 unspecified atom stereocenters. The van der Waals surface area contributed by atoms with E-state index in [0.717, 1.165) is 43.6 Å². The Balaban J connectivity index is 1.57. The molecule has 2 saturated carbocycles. The van der Waals surface area contributed by atoms with Gasteiger partial charge >= 0.3 is 12.1 Å². The minimum Gasteiger partial charge on any atom is -0.466 e. The van der Waals surface area contributed by atoms with Crippen LogP contribution in [-0.2, 0) is 20.4 Å². The van der Waals surface area contributed by atoms with Crippen LogP contribution in [0.5, 0.6) is 0 Å². The molecule has 4 rings (SSSR count). The second-order valence-electron chi connectivity index (χ2n) is 10.7. The summed E-state index contributed by atoms with van der Waals surface area (Å²) in [4.78, 5) is 14.8. The maximum atomic E-state index is 13.2. The highest BCUT2D eigenvalue weighted by atomic mass is 19.4. The summed E-state index contributed by atoms with van der Waals surface area (Å²) in [5, 5.41) is 0. The molecule has 0 bridgehead atoms. The SMILES string of the molecule is CCOC(=O)CC1CCC(N(CC2CCCC2)CC2CCCC2)C(c2ccc(C(F)(F)F)cc2)O1. The van der Waals surface area contributed by atoms with E-state index < -0.39 is 11.7 Å². The molecule has 0 N–H and O–H groups in total. The molecule has 1 heterocycles. The lowest BCUT2D eigenvalue weighted by atomic mass is 9.89. The number of ether oxygens (including phenoxy) is 2. The molecule has 2 aliphatic carbocycles. The molecule has 196 valence electrons. The van der Waals surface area contributed by atoms with Gasteiger partial charge in [-0.25, -0.2) is 0 Å². The molecule has 3 atom stereocenters. The molecule has 1 aliphatic heterocycles. The molecule has 1 saturated heterocycles. The Morgan fingerprint density at radius 3 is 2.03 bits per heavy atom. The smallest absolute Gasteiger partial charge is 0.416 e. The van der Waals surface area contributed by atoms with Gasteiger partial charge in [-0.1, -0.05) is 37.8 Å². The topological polar surface area (TPSA) is 38.8 Å². The van der Waals surface area contributed by atoms with E-state index in [1.807, 2.05) is 0 Å². The van der Waals surface area contributed by atoms with Crippen LogP contribution in [0.15, 0.2) is 24.3 Å². The maximum Gasteiger partial charge on any atom is 0.416 e.